The quantitative estimate of drug-likeness (QED) is 0.171. The zero-order valence-corrected chi connectivity index (χ0v) is 19.0. The molecule has 0 bridgehead atoms. The molecule has 0 heterocycles. The van der Waals surface area contributed by atoms with E-state index in [-0.39, 0.29) is 24.3 Å². The zero-order chi connectivity index (χ0) is 22.4. The third-order valence-corrected chi connectivity index (χ3v) is 7.40. The lowest BCUT2D eigenvalue weighted by Crippen LogP contribution is -2.44. The van der Waals surface area contributed by atoms with Crippen molar-refractivity contribution in [3.8, 4) is 0 Å². The van der Waals surface area contributed by atoms with Crippen LogP contribution < -0.4 is 0 Å². The predicted octanol–water partition coefficient (Wildman–Crippen LogP) is 5.62. The summed E-state index contributed by atoms with van der Waals surface area (Å²) in [6.07, 6.45) is 0. The van der Waals surface area contributed by atoms with Gasteiger partial charge in [-0.15, -0.1) is 0 Å². The number of hydrogen-bond donors (Lipinski definition) is 0. The van der Waals surface area contributed by atoms with Gasteiger partial charge < -0.3 is 9.05 Å². The second-order valence-electron chi connectivity index (χ2n) is 6.32. The van der Waals surface area contributed by atoms with Crippen molar-refractivity contribution in [2.45, 2.75) is 25.2 Å². The van der Waals surface area contributed by atoms with Crippen LogP contribution in [0.3, 0.4) is 0 Å². The van der Waals surface area contributed by atoms with Gasteiger partial charge in [0.25, 0.3) is 5.41 Å². The van der Waals surface area contributed by atoms with E-state index < -0.39 is 36.2 Å². The van der Waals surface area contributed by atoms with Crippen molar-refractivity contribution >= 4 is 29.3 Å². The summed E-state index contributed by atoms with van der Waals surface area (Å²) in [5, 5.41) is 8.14. The van der Waals surface area contributed by atoms with Crippen LogP contribution in [0.5, 0.6) is 0 Å². The van der Waals surface area contributed by atoms with Gasteiger partial charge in [-0.05, 0) is 31.5 Å². The Balaban J connectivity index is 2.81. The molecule has 0 amide bonds. The molecule has 0 fully saturated rings. The first kappa shape index (κ1) is 24.3. The highest BCUT2D eigenvalue weighted by Crippen LogP contribution is 2.66. The monoisotopic (exact) mass is 501 g/mol. The molecule has 0 spiro atoms. The molecule has 7 nitrogen and oxygen atoms in total. The first-order chi connectivity index (χ1) is 14.2. The summed E-state index contributed by atoms with van der Waals surface area (Å²) in [6, 6.07) is 13.4. The molecule has 2 aromatic rings. The van der Waals surface area contributed by atoms with Crippen molar-refractivity contribution in [3.05, 3.63) is 80.3 Å². The summed E-state index contributed by atoms with van der Waals surface area (Å²) in [4.78, 5) is 24.1. The highest BCUT2D eigenvalue weighted by Gasteiger charge is 2.64. The summed E-state index contributed by atoms with van der Waals surface area (Å²) in [7, 11) is -4.79. The van der Waals surface area contributed by atoms with E-state index in [1.807, 2.05) is 0 Å². The Labute approximate surface area is 182 Å². The Morgan fingerprint density at radius 3 is 2.27 bits per heavy atom. The fraction of sp³-hybridized carbons (Fsp3) is 0.350. The van der Waals surface area contributed by atoms with Gasteiger partial charge in [-0.3, -0.25) is 19.5 Å². The number of carbonyl (C=O) groups excluding carboxylic acids is 1. The third kappa shape index (κ3) is 5.03. The second-order valence-corrected chi connectivity index (χ2v) is 9.40. The van der Waals surface area contributed by atoms with E-state index in [1.54, 1.807) is 18.2 Å². The SMILES string of the molecule is CCOP(=O)(OCC)[C@@](F)(C(=O)c1ccccc1)[C@H](C[N+](=O)[O-])c1cccc(Br)c1. The van der Waals surface area contributed by atoms with Gasteiger partial charge in [0, 0.05) is 15.0 Å². The van der Waals surface area contributed by atoms with Crippen molar-refractivity contribution in [1.82, 2.24) is 0 Å². The molecule has 10 heteroatoms. The normalized spacial score (nSPS) is 14.7. The summed E-state index contributed by atoms with van der Waals surface area (Å²) >= 11 is 3.25. The maximum absolute atomic E-state index is 17.0. The van der Waals surface area contributed by atoms with Gasteiger partial charge in [0.05, 0.1) is 13.2 Å². The topological polar surface area (TPSA) is 95.7 Å². The van der Waals surface area contributed by atoms with Crippen molar-refractivity contribution < 1.29 is 27.7 Å². The van der Waals surface area contributed by atoms with Crippen LogP contribution in [-0.2, 0) is 13.6 Å². The molecule has 0 aliphatic carbocycles. The van der Waals surface area contributed by atoms with Crippen molar-refractivity contribution in [2.24, 2.45) is 0 Å². The van der Waals surface area contributed by atoms with Crippen LogP contribution in [0.2, 0.25) is 0 Å². The van der Waals surface area contributed by atoms with E-state index in [1.165, 1.54) is 50.2 Å². The molecule has 0 N–H and O–H groups in total. The van der Waals surface area contributed by atoms with Gasteiger partial charge in [-0.2, -0.15) is 0 Å². The Hall–Kier alpha value is -1.93. The first-order valence-electron chi connectivity index (χ1n) is 9.24. The molecule has 2 aromatic carbocycles. The lowest BCUT2D eigenvalue weighted by Gasteiger charge is -2.35. The Morgan fingerprint density at radius 1 is 1.17 bits per heavy atom. The van der Waals surface area contributed by atoms with Crippen LogP contribution in [0.1, 0.15) is 35.7 Å². The fourth-order valence-corrected chi connectivity index (χ4v) is 5.69. The molecule has 0 aliphatic rings. The number of nitrogens with zero attached hydrogens (tertiary/aromatic N) is 1. The first-order valence-corrected chi connectivity index (χ1v) is 11.6. The number of benzene rings is 2. The molecular weight excluding hydrogens is 480 g/mol. The highest BCUT2D eigenvalue weighted by molar-refractivity contribution is 9.10. The molecule has 2 rings (SSSR count). The molecule has 2 atom stereocenters. The van der Waals surface area contributed by atoms with E-state index in [0.717, 1.165) is 0 Å². The van der Waals surface area contributed by atoms with Gasteiger partial charge in [0.2, 0.25) is 12.3 Å². The summed E-state index contributed by atoms with van der Waals surface area (Å²) in [5.41, 5.74) is 0.0236. The highest BCUT2D eigenvalue weighted by atomic mass is 79.9. The molecule has 0 saturated heterocycles. The van der Waals surface area contributed by atoms with Gasteiger partial charge >= 0.3 is 7.60 Å². The Morgan fingerprint density at radius 2 is 1.77 bits per heavy atom. The van der Waals surface area contributed by atoms with Gasteiger partial charge in [0.15, 0.2) is 0 Å². The predicted molar refractivity (Wildman–Crippen MR) is 114 cm³/mol. The van der Waals surface area contributed by atoms with Gasteiger partial charge in [0.1, 0.15) is 5.92 Å². The number of hydrogen-bond acceptors (Lipinski definition) is 6. The Bertz CT molecular complexity index is 934. The molecule has 0 radical (unpaired) electrons. The van der Waals surface area contributed by atoms with Crippen LogP contribution in [0.15, 0.2) is 59.1 Å². The molecule has 0 unspecified atom stereocenters. The summed E-state index contributed by atoms with van der Waals surface area (Å²) in [6.45, 7) is 1.53. The van der Waals surface area contributed by atoms with Gasteiger partial charge in [-0.1, -0.05) is 58.4 Å². The van der Waals surface area contributed by atoms with Crippen LogP contribution in [-0.4, -0.2) is 35.9 Å². The molecule has 0 aromatic heterocycles. The number of ketones is 1. The number of alkyl halides is 1. The van der Waals surface area contributed by atoms with Crippen LogP contribution in [0.4, 0.5) is 4.39 Å². The van der Waals surface area contributed by atoms with Crippen molar-refractivity contribution in [3.63, 3.8) is 0 Å². The number of nitro groups is 1. The zero-order valence-electron chi connectivity index (χ0n) is 16.5. The number of rotatable bonds is 11. The second kappa shape index (κ2) is 10.4. The van der Waals surface area contributed by atoms with Crippen LogP contribution in [0.25, 0.3) is 0 Å². The summed E-state index contributed by atoms with van der Waals surface area (Å²) < 4.78 is 41.5. The maximum Gasteiger partial charge on any atom is 0.376 e. The molecule has 0 aliphatic heterocycles. The maximum atomic E-state index is 17.0. The van der Waals surface area contributed by atoms with Crippen molar-refractivity contribution in [1.29, 1.82) is 0 Å². The van der Waals surface area contributed by atoms with Crippen LogP contribution in [0, 0.1) is 10.1 Å². The Kier molecular flexibility index (Phi) is 8.43. The molecule has 162 valence electrons. The summed E-state index contributed by atoms with van der Waals surface area (Å²) in [5.74, 6) is -2.92. The van der Waals surface area contributed by atoms with E-state index in [2.05, 4.69) is 15.9 Å². The standard InChI is InChI=1S/C20H22BrFNO6P/c1-3-28-30(27,29-4-2)20(22,19(24)15-9-6-5-7-10-15)18(14-23(25)26)16-11-8-12-17(21)13-16/h5-13,18H,3-4,14H2,1-2H3/t18-,20-/m1/s1. The minimum atomic E-state index is -4.79. The smallest absolute Gasteiger partial charge is 0.306 e. The minimum Gasteiger partial charge on any atom is -0.306 e. The lowest BCUT2D eigenvalue weighted by molar-refractivity contribution is -0.485. The third-order valence-electron chi connectivity index (χ3n) is 4.40. The molecule has 0 saturated carbocycles. The van der Waals surface area contributed by atoms with E-state index in [9.17, 15) is 19.5 Å². The minimum absolute atomic E-state index is 0.0945. The van der Waals surface area contributed by atoms with E-state index in [0.29, 0.717) is 4.47 Å². The molecular formula is C20H22BrFNO6P. The average Bonchev–Trinajstić information content (AvgIpc) is 2.71. The van der Waals surface area contributed by atoms with E-state index >= 15 is 4.39 Å². The van der Waals surface area contributed by atoms with Crippen molar-refractivity contribution in [2.75, 3.05) is 19.8 Å². The van der Waals surface area contributed by atoms with Gasteiger partial charge in [-0.25, -0.2) is 4.39 Å². The number of Topliss-reactive ketones (excluding diaryl/α,β-unsaturated/α-hetero) is 1. The average molecular weight is 502 g/mol. The molecule has 30 heavy (non-hydrogen) atoms. The number of halogens is 2. The number of carbonyl (C=O) groups is 1. The largest absolute Gasteiger partial charge is 0.376 e. The van der Waals surface area contributed by atoms with E-state index in [4.69, 9.17) is 9.05 Å². The fourth-order valence-electron chi connectivity index (χ4n) is 3.15. The van der Waals surface area contributed by atoms with Crippen LogP contribution >= 0.6 is 23.5 Å². The lowest BCUT2D eigenvalue weighted by atomic mass is 9.89.